The number of hydrogen-bond acceptors (Lipinski definition) is 4. The Morgan fingerprint density at radius 2 is 1.83 bits per heavy atom. The highest BCUT2D eigenvalue weighted by molar-refractivity contribution is 5.76. The van der Waals surface area contributed by atoms with Gasteiger partial charge in [0, 0.05) is 6.54 Å². The Hall–Kier alpha value is -1.10. The Morgan fingerprint density at radius 3 is 2.28 bits per heavy atom. The van der Waals surface area contributed by atoms with Crippen LogP contribution in [0.2, 0.25) is 0 Å². The van der Waals surface area contributed by atoms with E-state index in [4.69, 9.17) is 10.5 Å². The third-order valence-corrected chi connectivity index (χ3v) is 2.26. The molecule has 0 aromatic carbocycles. The van der Waals surface area contributed by atoms with Gasteiger partial charge in [-0.1, -0.05) is 13.3 Å². The number of amides is 1. The van der Waals surface area contributed by atoms with E-state index in [-0.39, 0.29) is 24.8 Å². The second-order valence-electron chi connectivity index (χ2n) is 5.43. The lowest BCUT2D eigenvalue weighted by atomic mass is 10.2. The first-order valence-corrected chi connectivity index (χ1v) is 6.47. The molecule has 1 amide bonds. The Labute approximate surface area is 110 Å². The van der Waals surface area contributed by atoms with E-state index in [0.717, 1.165) is 19.4 Å². The number of carbonyl (C=O) groups excluding carboxylic acids is 2. The standard InChI is InChI=1S/C13H26N2O3/c1-5-6-8-15(10-11(14)16)9-7-12(17)18-13(2,3)4/h5-10H2,1-4H3,(H2,14,16). The number of primary amides is 1. The van der Waals surface area contributed by atoms with Crippen molar-refractivity contribution in [2.24, 2.45) is 5.73 Å². The summed E-state index contributed by atoms with van der Waals surface area (Å²) in [5, 5.41) is 0. The molecule has 0 aliphatic heterocycles. The monoisotopic (exact) mass is 258 g/mol. The van der Waals surface area contributed by atoms with Gasteiger partial charge in [-0.3, -0.25) is 14.5 Å². The third kappa shape index (κ3) is 10.1. The fourth-order valence-corrected chi connectivity index (χ4v) is 1.51. The van der Waals surface area contributed by atoms with Gasteiger partial charge >= 0.3 is 5.97 Å². The van der Waals surface area contributed by atoms with Gasteiger partial charge < -0.3 is 10.5 Å². The molecule has 0 saturated carbocycles. The molecule has 0 bridgehead atoms. The van der Waals surface area contributed by atoms with Gasteiger partial charge in [-0.2, -0.15) is 0 Å². The molecule has 2 N–H and O–H groups in total. The molecule has 0 rings (SSSR count). The fourth-order valence-electron chi connectivity index (χ4n) is 1.51. The van der Waals surface area contributed by atoms with Gasteiger partial charge in [0.1, 0.15) is 5.60 Å². The van der Waals surface area contributed by atoms with Crippen molar-refractivity contribution < 1.29 is 14.3 Å². The second-order valence-corrected chi connectivity index (χ2v) is 5.43. The van der Waals surface area contributed by atoms with Crippen LogP contribution in [0.5, 0.6) is 0 Å². The summed E-state index contributed by atoms with van der Waals surface area (Å²) in [6.45, 7) is 9.08. The molecule has 0 aromatic rings. The van der Waals surface area contributed by atoms with E-state index in [1.54, 1.807) is 0 Å². The summed E-state index contributed by atoms with van der Waals surface area (Å²) < 4.78 is 5.22. The van der Waals surface area contributed by atoms with Crippen molar-refractivity contribution in [2.75, 3.05) is 19.6 Å². The summed E-state index contributed by atoms with van der Waals surface area (Å²) in [4.78, 5) is 24.4. The molecule has 0 fully saturated rings. The minimum absolute atomic E-state index is 0.197. The van der Waals surface area contributed by atoms with Gasteiger partial charge in [0.2, 0.25) is 5.91 Å². The molecule has 0 spiro atoms. The molecule has 18 heavy (non-hydrogen) atoms. The number of rotatable bonds is 8. The lowest BCUT2D eigenvalue weighted by Gasteiger charge is -2.22. The second kappa shape index (κ2) is 8.08. The van der Waals surface area contributed by atoms with Gasteiger partial charge in [0.15, 0.2) is 0 Å². The normalized spacial score (nSPS) is 11.6. The zero-order chi connectivity index (χ0) is 14.2. The van der Waals surface area contributed by atoms with Crippen LogP contribution in [-0.2, 0) is 14.3 Å². The lowest BCUT2D eigenvalue weighted by molar-refractivity contribution is -0.155. The minimum Gasteiger partial charge on any atom is -0.460 e. The van der Waals surface area contributed by atoms with Crippen LogP contribution in [0.4, 0.5) is 0 Å². The predicted octanol–water partition coefficient (Wildman–Crippen LogP) is 1.31. The van der Waals surface area contributed by atoms with E-state index in [9.17, 15) is 9.59 Å². The molecule has 5 nitrogen and oxygen atoms in total. The van der Waals surface area contributed by atoms with Crippen LogP contribution >= 0.6 is 0 Å². The number of nitrogens with two attached hydrogens (primary N) is 1. The lowest BCUT2D eigenvalue weighted by Crippen LogP contribution is -2.36. The Morgan fingerprint density at radius 1 is 1.22 bits per heavy atom. The summed E-state index contributed by atoms with van der Waals surface area (Å²) in [7, 11) is 0. The fraction of sp³-hybridized carbons (Fsp3) is 0.846. The zero-order valence-corrected chi connectivity index (χ0v) is 12.0. The van der Waals surface area contributed by atoms with Crippen LogP contribution in [0, 0.1) is 0 Å². The maximum Gasteiger partial charge on any atom is 0.307 e. The largest absolute Gasteiger partial charge is 0.460 e. The smallest absolute Gasteiger partial charge is 0.307 e. The maximum absolute atomic E-state index is 11.6. The number of nitrogens with zero attached hydrogens (tertiary/aromatic N) is 1. The molecule has 0 atom stereocenters. The van der Waals surface area contributed by atoms with Gasteiger partial charge in [-0.25, -0.2) is 0 Å². The van der Waals surface area contributed by atoms with Crippen LogP contribution < -0.4 is 5.73 Å². The van der Waals surface area contributed by atoms with Crippen molar-refractivity contribution in [3.8, 4) is 0 Å². The third-order valence-electron chi connectivity index (χ3n) is 2.26. The first kappa shape index (κ1) is 16.9. The molecule has 5 heteroatoms. The average molecular weight is 258 g/mol. The summed E-state index contributed by atoms with van der Waals surface area (Å²) in [6, 6.07) is 0. The van der Waals surface area contributed by atoms with Crippen molar-refractivity contribution in [2.45, 2.75) is 52.6 Å². The van der Waals surface area contributed by atoms with Crippen LogP contribution in [0.1, 0.15) is 47.0 Å². The van der Waals surface area contributed by atoms with E-state index >= 15 is 0 Å². The summed E-state index contributed by atoms with van der Waals surface area (Å²) in [5.74, 6) is -0.608. The van der Waals surface area contributed by atoms with Crippen LogP contribution in [0.15, 0.2) is 0 Å². The highest BCUT2D eigenvalue weighted by Crippen LogP contribution is 2.08. The topological polar surface area (TPSA) is 72.6 Å². The van der Waals surface area contributed by atoms with E-state index in [1.165, 1.54) is 0 Å². The van der Waals surface area contributed by atoms with Crippen molar-refractivity contribution in [1.29, 1.82) is 0 Å². The van der Waals surface area contributed by atoms with Gasteiger partial charge in [-0.15, -0.1) is 0 Å². The first-order valence-electron chi connectivity index (χ1n) is 6.47. The molecule has 0 heterocycles. The van der Waals surface area contributed by atoms with E-state index in [0.29, 0.717) is 6.54 Å². The van der Waals surface area contributed by atoms with E-state index in [1.807, 2.05) is 25.7 Å². The predicted molar refractivity (Wildman–Crippen MR) is 71.0 cm³/mol. The number of unbranched alkanes of at least 4 members (excludes halogenated alkanes) is 1. The summed E-state index contributed by atoms with van der Waals surface area (Å²) in [5.41, 5.74) is 4.71. The van der Waals surface area contributed by atoms with Crippen LogP contribution in [0.25, 0.3) is 0 Å². The number of carbonyl (C=O) groups is 2. The van der Waals surface area contributed by atoms with E-state index < -0.39 is 5.60 Å². The molecule has 0 radical (unpaired) electrons. The molecular weight excluding hydrogens is 232 g/mol. The van der Waals surface area contributed by atoms with Gasteiger partial charge in [0.25, 0.3) is 0 Å². The maximum atomic E-state index is 11.6. The van der Waals surface area contributed by atoms with Crippen LogP contribution in [0.3, 0.4) is 0 Å². The summed E-state index contributed by atoms with van der Waals surface area (Å²) in [6.07, 6.45) is 2.32. The molecule has 0 unspecified atom stereocenters. The molecule has 106 valence electrons. The zero-order valence-electron chi connectivity index (χ0n) is 12.0. The first-order chi connectivity index (χ1) is 8.24. The Kier molecular flexibility index (Phi) is 7.59. The van der Waals surface area contributed by atoms with Crippen molar-refractivity contribution in [3.05, 3.63) is 0 Å². The number of esters is 1. The average Bonchev–Trinajstić information content (AvgIpc) is 2.19. The molecule has 0 aromatic heterocycles. The summed E-state index contributed by atoms with van der Waals surface area (Å²) >= 11 is 0. The number of ether oxygens (including phenoxy) is 1. The molecule has 0 aliphatic carbocycles. The Bertz CT molecular complexity index is 272. The molecule has 0 saturated heterocycles. The van der Waals surface area contributed by atoms with Crippen LogP contribution in [-0.4, -0.2) is 42.0 Å². The van der Waals surface area contributed by atoms with Crippen molar-refractivity contribution >= 4 is 11.9 Å². The molecular formula is C13H26N2O3. The van der Waals surface area contributed by atoms with Crippen molar-refractivity contribution in [3.63, 3.8) is 0 Å². The van der Waals surface area contributed by atoms with Gasteiger partial charge in [0.05, 0.1) is 13.0 Å². The SMILES string of the molecule is CCCCN(CCC(=O)OC(C)(C)C)CC(N)=O. The highest BCUT2D eigenvalue weighted by Gasteiger charge is 2.17. The van der Waals surface area contributed by atoms with Crippen molar-refractivity contribution in [1.82, 2.24) is 4.90 Å². The number of hydrogen-bond donors (Lipinski definition) is 1. The Balaban J connectivity index is 4.08. The van der Waals surface area contributed by atoms with E-state index in [2.05, 4.69) is 6.92 Å². The highest BCUT2D eigenvalue weighted by atomic mass is 16.6. The molecule has 0 aliphatic rings. The minimum atomic E-state index is -0.463. The van der Waals surface area contributed by atoms with Gasteiger partial charge in [-0.05, 0) is 33.7 Å². The quantitative estimate of drug-likeness (QED) is 0.666.